The van der Waals surface area contributed by atoms with Crippen LogP contribution in [0.4, 0.5) is 5.82 Å². The summed E-state index contributed by atoms with van der Waals surface area (Å²) in [5, 5.41) is 13.6. The Morgan fingerprint density at radius 1 is 1.00 bits per heavy atom. The van der Waals surface area contributed by atoms with Crippen LogP contribution in [-0.2, 0) is 6.61 Å². The number of aromatic nitrogens is 2. The first-order chi connectivity index (χ1) is 11.7. The molecule has 3 rings (SSSR count). The number of nitrogens with zero attached hydrogens (tertiary/aromatic N) is 2. The fourth-order valence-electron chi connectivity index (χ4n) is 2.66. The molecular formula is C20H23N3O. The van der Waals surface area contributed by atoms with Gasteiger partial charge in [-0.25, -0.2) is 9.97 Å². The molecular weight excluding hydrogens is 298 g/mol. The highest BCUT2D eigenvalue weighted by Gasteiger charge is 2.06. The number of aliphatic hydroxyl groups is 1. The summed E-state index contributed by atoms with van der Waals surface area (Å²) in [4.78, 5) is 8.77. The molecule has 0 saturated carbocycles. The number of hydrogen-bond acceptors (Lipinski definition) is 4. The van der Waals surface area contributed by atoms with Gasteiger partial charge in [-0.15, -0.1) is 0 Å². The molecule has 2 N–H and O–H groups in total. The molecule has 3 aromatic rings. The van der Waals surface area contributed by atoms with E-state index in [2.05, 4.69) is 41.3 Å². The zero-order valence-corrected chi connectivity index (χ0v) is 14.2. The van der Waals surface area contributed by atoms with Gasteiger partial charge in [0.15, 0.2) is 0 Å². The maximum atomic E-state index is 9.17. The summed E-state index contributed by atoms with van der Waals surface area (Å²) in [6.07, 6.45) is 2.71. The highest BCUT2D eigenvalue weighted by Crippen LogP contribution is 2.27. The Balaban J connectivity index is 1.93. The van der Waals surface area contributed by atoms with Gasteiger partial charge in [0.05, 0.1) is 12.1 Å². The summed E-state index contributed by atoms with van der Waals surface area (Å²) in [6.45, 7) is 5.40. The molecule has 4 nitrogen and oxygen atoms in total. The van der Waals surface area contributed by atoms with Crippen LogP contribution in [0.25, 0.3) is 22.0 Å². The molecule has 0 aliphatic rings. The van der Waals surface area contributed by atoms with E-state index in [9.17, 15) is 5.11 Å². The molecule has 0 spiro atoms. The number of nitrogens with one attached hydrogen (secondary N) is 1. The van der Waals surface area contributed by atoms with Crippen molar-refractivity contribution < 1.29 is 5.11 Å². The number of benzene rings is 2. The van der Waals surface area contributed by atoms with Gasteiger partial charge in [0.25, 0.3) is 0 Å². The van der Waals surface area contributed by atoms with Crippen molar-refractivity contribution >= 4 is 16.7 Å². The van der Waals surface area contributed by atoms with Crippen LogP contribution in [0, 0.1) is 5.92 Å². The Labute approximate surface area is 142 Å². The Bertz CT molecular complexity index is 813. The monoisotopic (exact) mass is 321 g/mol. The lowest BCUT2D eigenvalue weighted by Crippen LogP contribution is -2.06. The minimum atomic E-state index is 0.0652. The molecule has 0 fully saturated rings. The summed E-state index contributed by atoms with van der Waals surface area (Å²) in [5.41, 5.74) is 4.09. The zero-order chi connectivity index (χ0) is 16.9. The molecule has 24 heavy (non-hydrogen) atoms. The van der Waals surface area contributed by atoms with E-state index >= 15 is 0 Å². The fourth-order valence-corrected chi connectivity index (χ4v) is 2.66. The van der Waals surface area contributed by atoms with Gasteiger partial charge < -0.3 is 10.4 Å². The molecule has 2 aromatic carbocycles. The summed E-state index contributed by atoms with van der Waals surface area (Å²) >= 11 is 0. The number of rotatable bonds is 6. The Hall–Kier alpha value is -2.46. The van der Waals surface area contributed by atoms with E-state index in [0.29, 0.717) is 5.92 Å². The van der Waals surface area contributed by atoms with Crippen LogP contribution in [0.3, 0.4) is 0 Å². The van der Waals surface area contributed by atoms with Crippen LogP contribution >= 0.6 is 0 Å². The van der Waals surface area contributed by atoms with Crippen LogP contribution in [0.5, 0.6) is 0 Å². The van der Waals surface area contributed by atoms with E-state index in [1.165, 1.54) is 0 Å². The van der Waals surface area contributed by atoms with Gasteiger partial charge in [0.2, 0.25) is 0 Å². The number of hydrogen-bond donors (Lipinski definition) is 2. The van der Waals surface area contributed by atoms with Gasteiger partial charge >= 0.3 is 0 Å². The first-order valence-corrected chi connectivity index (χ1v) is 8.36. The molecule has 0 aliphatic carbocycles. The topological polar surface area (TPSA) is 58.0 Å². The summed E-state index contributed by atoms with van der Waals surface area (Å²) < 4.78 is 0. The van der Waals surface area contributed by atoms with Crippen molar-refractivity contribution in [1.29, 1.82) is 0 Å². The average Bonchev–Trinajstić information content (AvgIpc) is 2.61. The molecule has 0 radical (unpaired) electrons. The van der Waals surface area contributed by atoms with Crippen LogP contribution < -0.4 is 5.32 Å². The Morgan fingerprint density at radius 3 is 2.46 bits per heavy atom. The fraction of sp³-hybridized carbons (Fsp3) is 0.300. The lowest BCUT2D eigenvalue weighted by Gasteiger charge is -2.11. The standard InChI is InChI=1S/C20H23N3O/c1-14(2)9-10-21-20-18-11-17(7-8-19(18)22-13-23-20)16-5-3-15(12-24)4-6-16/h3-8,11,13-14,24H,9-10,12H2,1-2H3,(H,21,22,23). The summed E-state index contributed by atoms with van der Waals surface area (Å²) in [7, 11) is 0. The third-order valence-corrected chi connectivity index (χ3v) is 4.12. The minimum Gasteiger partial charge on any atom is -0.392 e. The predicted molar refractivity (Wildman–Crippen MR) is 98.8 cm³/mol. The molecule has 0 atom stereocenters. The van der Waals surface area contributed by atoms with Crippen molar-refractivity contribution in [3.8, 4) is 11.1 Å². The van der Waals surface area contributed by atoms with Crippen LogP contribution in [0.2, 0.25) is 0 Å². The lowest BCUT2D eigenvalue weighted by atomic mass is 10.0. The van der Waals surface area contributed by atoms with Crippen molar-refractivity contribution in [2.75, 3.05) is 11.9 Å². The van der Waals surface area contributed by atoms with Gasteiger partial charge in [-0.2, -0.15) is 0 Å². The van der Waals surface area contributed by atoms with E-state index in [1.807, 2.05) is 30.3 Å². The van der Waals surface area contributed by atoms with Gasteiger partial charge in [-0.3, -0.25) is 0 Å². The third kappa shape index (κ3) is 3.71. The molecule has 1 aromatic heterocycles. The van der Waals surface area contributed by atoms with E-state index in [-0.39, 0.29) is 6.61 Å². The van der Waals surface area contributed by atoms with Gasteiger partial charge in [0.1, 0.15) is 12.1 Å². The maximum Gasteiger partial charge on any atom is 0.137 e. The van der Waals surface area contributed by atoms with Gasteiger partial charge in [-0.05, 0) is 41.2 Å². The Morgan fingerprint density at radius 2 is 1.75 bits per heavy atom. The number of aliphatic hydroxyl groups excluding tert-OH is 1. The van der Waals surface area contributed by atoms with Gasteiger partial charge in [-0.1, -0.05) is 44.2 Å². The minimum absolute atomic E-state index is 0.0652. The summed E-state index contributed by atoms with van der Waals surface area (Å²) in [6, 6.07) is 14.2. The molecule has 0 bridgehead atoms. The van der Waals surface area contributed by atoms with E-state index in [1.54, 1.807) is 6.33 Å². The number of fused-ring (bicyclic) bond motifs is 1. The van der Waals surface area contributed by atoms with E-state index < -0.39 is 0 Å². The zero-order valence-electron chi connectivity index (χ0n) is 14.2. The molecule has 124 valence electrons. The molecule has 0 unspecified atom stereocenters. The van der Waals surface area contributed by atoms with Crippen molar-refractivity contribution in [3.05, 3.63) is 54.4 Å². The summed E-state index contributed by atoms with van der Waals surface area (Å²) in [5.74, 6) is 1.54. The van der Waals surface area contributed by atoms with Crippen molar-refractivity contribution in [2.45, 2.75) is 26.9 Å². The Kier molecular flexibility index (Phi) is 5.06. The quantitative estimate of drug-likeness (QED) is 0.712. The normalized spacial score (nSPS) is 11.2. The number of anilines is 1. The van der Waals surface area contributed by atoms with Gasteiger partial charge in [0, 0.05) is 11.9 Å². The van der Waals surface area contributed by atoms with Crippen LogP contribution in [0.1, 0.15) is 25.8 Å². The van der Waals surface area contributed by atoms with Crippen LogP contribution in [0.15, 0.2) is 48.8 Å². The second-order valence-corrected chi connectivity index (χ2v) is 6.42. The molecule has 0 amide bonds. The molecule has 4 heteroatoms. The third-order valence-electron chi connectivity index (χ3n) is 4.12. The largest absolute Gasteiger partial charge is 0.392 e. The molecule has 0 aliphatic heterocycles. The SMILES string of the molecule is CC(C)CCNc1ncnc2ccc(-c3ccc(CO)cc3)cc12. The first kappa shape index (κ1) is 16.4. The highest BCUT2D eigenvalue weighted by molar-refractivity contribution is 5.92. The van der Waals surface area contributed by atoms with E-state index in [0.717, 1.165) is 46.4 Å². The average molecular weight is 321 g/mol. The maximum absolute atomic E-state index is 9.17. The smallest absolute Gasteiger partial charge is 0.137 e. The molecule has 0 saturated heterocycles. The van der Waals surface area contributed by atoms with Crippen LogP contribution in [-0.4, -0.2) is 21.6 Å². The second-order valence-electron chi connectivity index (χ2n) is 6.42. The highest BCUT2D eigenvalue weighted by atomic mass is 16.3. The predicted octanol–water partition coefficient (Wildman–Crippen LogP) is 4.25. The van der Waals surface area contributed by atoms with Crippen molar-refractivity contribution in [1.82, 2.24) is 9.97 Å². The van der Waals surface area contributed by atoms with Crippen molar-refractivity contribution in [3.63, 3.8) is 0 Å². The molecule has 1 heterocycles. The lowest BCUT2D eigenvalue weighted by molar-refractivity contribution is 0.282. The second kappa shape index (κ2) is 7.41. The van der Waals surface area contributed by atoms with Crippen molar-refractivity contribution in [2.24, 2.45) is 5.92 Å². The van der Waals surface area contributed by atoms with E-state index in [4.69, 9.17) is 0 Å². The first-order valence-electron chi connectivity index (χ1n) is 8.36.